The molecule has 0 unspecified atom stereocenters. The maximum absolute atomic E-state index is 4.32. The monoisotopic (exact) mass is 247 g/mol. The largest absolute Gasteiger partial charge is 0.367 e. The number of hydrogen-bond acceptors (Lipinski definition) is 3. The molecule has 0 aliphatic heterocycles. The van der Waals surface area contributed by atoms with Gasteiger partial charge < -0.3 is 10.2 Å². The van der Waals surface area contributed by atoms with Crippen molar-refractivity contribution in [3.63, 3.8) is 0 Å². The van der Waals surface area contributed by atoms with Crippen LogP contribution in [-0.2, 0) is 6.54 Å². The average molecular weight is 247 g/mol. The molecule has 0 saturated heterocycles. The Morgan fingerprint density at radius 1 is 1.44 bits per heavy atom. The van der Waals surface area contributed by atoms with Gasteiger partial charge in [0.05, 0.1) is 11.9 Å². The van der Waals surface area contributed by atoms with E-state index in [0.29, 0.717) is 0 Å². The minimum absolute atomic E-state index is 0.753. The van der Waals surface area contributed by atoms with E-state index in [1.807, 2.05) is 19.4 Å². The third kappa shape index (κ3) is 3.45. The molecule has 0 atom stereocenters. The van der Waals surface area contributed by atoms with E-state index in [4.69, 9.17) is 0 Å². The Morgan fingerprint density at radius 2 is 2.22 bits per heavy atom. The third-order valence-corrected chi connectivity index (χ3v) is 3.50. The molecular formula is C15H25N3. The number of hydrogen-bond donors (Lipinski definition) is 1. The highest BCUT2D eigenvalue weighted by Gasteiger charge is 2.30. The van der Waals surface area contributed by atoms with Crippen molar-refractivity contribution >= 4 is 5.69 Å². The summed E-state index contributed by atoms with van der Waals surface area (Å²) in [4.78, 5) is 6.89. The second kappa shape index (κ2) is 6.19. The molecule has 18 heavy (non-hydrogen) atoms. The number of anilines is 1. The average Bonchev–Trinajstić information content (AvgIpc) is 3.16. The van der Waals surface area contributed by atoms with Gasteiger partial charge in [0.15, 0.2) is 0 Å². The van der Waals surface area contributed by atoms with E-state index in [-0.39, 0.29) is 0 Å². The molecule has 1 aliphatic carbocycles. The summed E-state index contributed by atoms with van der Waals surface area (Å²) in [6, 6.07) is 2.89. The Kier molecular flexibility index (Phi) is 4.59. The first-order valence-electron chi connectivity index (χ1n) is 7.06. The number of pyridine rings is 1. The van der Waals surface area contributed by atoms with Gasteiger partial charge in [0.25, 0.3) is 0 Å². The van der Waals surface area contributed by atoms with Crippen molar-refractivity contribution < 1.29 is 0 Å². The number of nitrogens with zero attached hydrogens (tertiary/aromatic N) is 2. The molecule has 0 spiro atoms. The van der Waals surface area contributed by atoms with E-state index in [1.165, 1.54) is 30.5 Å². The Hall–Kier alpha value is -1.09. The summed E-state index contributed by atoms with van der Waals surface area (Å²) in [6.45, 7) is 6.67. The van der Waals surface area contributed by atoms with Crippen molar-refractivity contribution in [2.24, 2.45) is 5.92 Å². The van der Waals surface area contributed by atoms with Gasteiger partial charge in [0.2, 0.25) is 0 Å². The van der Waals surface area contributed by atoms with Gasteiger partial charge in [-0.3, -0.25) is 4.98 Å². The van der Waals surface area contributed by atoms with Crippen LogP contribution in [-0.4, -0.2) is 24.6 Å². The molecule has 1 aromatic heterocycles. The van der Waals surface area contributed by atoms with Crippen LogP contribution in [0.15, 0.2) is 18.5 Å². The van der Waals surface area contributed by atoms with Gasteiger partial charge >= 0.3 is 0 Å². The van der Waals surface area contributed by atoms with Crippen LogP contribution < -0.4 is 10.2 Å². The summed E-state index contributed by atoms with van der Waals surface area (Å²) in [5.41, 5.74) is 2.69. The Labute approximate surface area is 111 Å². The van der Waals surface area contributed by atoms with Crippen molar-refractivity contribution in [2.75, 3.05) is 18.5 Å². The Balaban J connectivity index is 2.13. The number of nitrogens with one attached hydrogen (secondary N) is 1. The van der Waals surface area contributed by atoms with Crippen molar-refractivity contribution in [3.8, 4) is 0 Å². The molecule has 0 radical (unpaired) electrons. The quantitative estimate of drug-likeness (QED) is 0.803. The fraction of sp³-hybridized carbons (Fsp3) is 0.667. The van der Waals surface area contributed by atoms with Crippen LogP contribution >= 0.6 is 0 Å². The van der Waals surface area contributed by atoms with Gasteiger partial charge in [-0.15, -0.1) is 0 Å². The fourth-order valence-corrected chi connectivity index (χ4v) is 2.30. The lowest BCUT2D eigenvalue weighted by molar-refractivity contribution is 0.569. The van der Waals surface area contributed by atoms with Gasteiger partial charge in [-0.25, -0.2) is 0 Å². The van der Waals surface area contributed by atoms with E-state index in [0.717, 1.165) is 25.0 Å². The van der Waals surface area contributed by atoms with E-state index < -0.39 is 0 Å². The standard InChI is InChI=1S/C15H25N3/c1-12(2)7-9-18(14-4-5-14)15-11-17-8-6-13(15)10-16-3/h6,8,11-12,14,16H,4-5,7,9-10H2,1-3H3. The molecule has 100 valence electrons. The maximum atomic E-state index is 4.32. The van der Waals surface area contributed by atoms with Gasteiger partial charge in [-0.2, -0.15) is 0 Å². The van der Waals surface area contributed by atoms with Crippen LogP contribution in [0, 0.1) is 5.92 Å². The van der Waals surface area contributed by atoms with E-state index in [2.05, 4.69) is 35.1 Å². The second-order valence-electron chi connectivity index (χ2n) is 5.64. The number of rotatable bonds is 7. The van der Waals surface area contributed by atoms with Gasteiger partial charge in [0, 0.05) is 25.3 Å². The molecule has 0 aromatic carbocycles. The topological polar surface area (TPSA) is 28.2 Å². The van der Waals surface area contributed by atoms with Gasteiger partial charge in [0.1, 0.15) is 0 Å². The smallest absolute Gasteiger partial charge is 0.0600 e. The molecule has 0 amide bonds. The molecule has 0 bridgehead atoms. The molecule has 2 rings (SSSR count). The van der Waals surface area contributed by atoms with Crippen LogP contribution in [0.1, 0.15) is 38.7 Å². The van der Waals surface area contributed by atoms with Crippen LogP contribution in [0.4, 0.5) is 5.69 Å². The molecule has 1 fully saturated rings. The molecular weight excluding hydrogens is 222 g/mol. The summed E-state index contributed by atoms with van der Waals surface area (Å²) >= 11 is 0. The fourth-order valence-electron chi connectivity index (χ4n) is 2.30. The lowest BCUT2D eigenvalue weighted by Crippen LogP contribution is -2.29. The highest BCUT2D eigenvalue weighted by atomic mass is 15.2. The molecule has 1 aromatic rings. The van der Waals surface area contributed by atoms with E-state index >= 15 is 0 Å². The summed E-state index contributed by atoms with van der Waals surface area (Å²) in [5.74, 6) is 0.760. The third-order valence-electron chi connectivity index (χ3n) is 3.50. The van der Waals surface area contributed by atoms with E-state index in [1.54, 1.807) is 0 Å². The molecule has 1 heterocycles. The van der Waals surface area contributed by atoms with Crippen molar-refractivity contribution in [3.05, 3.63) is 24.0 Å². The zero-order valence-electron chi connectivity index (χ0n) is 11.8. The second-order valence-corrected chi connectivity index (χ2v) is 5.64. The van der Waals surface area contributed by atoms with Crippen LogP contribution in [0.5, 0.6) is 0 Å². The molecule has 1 N–H and O–H groups in total. The SMILES string of the molecule is CNCc1ccncc1N(CCC(C)C)C1CC1. The summed E-state index contributed by atoms with van der Waals surface area (Å²) in [6.07, 6.45) is 7.86. The maximum Gasteiger partial charge on any atom is 0.0600 e. The summed E-state index contributed by atoms with van der Waals surface area (Å²) in [7, 11) is 2.00. The van der Waals surface area contributed by atoms with Gasteiger partial charge in [-0.1, -0.05) is 13.8 Å². The lowest BCUT2D eigenvalue weighted by atomic mass is 10.1. The minimum atomic E-state index is 0.753. The highest BCUT2D eigenvalue weighted by Crippen LogP contribution is 2.33. The van der Waals surface area contributed by atoms with Crippen molar-refractivity contribution in [1.82, 2.24) is 10.3 Å². The first kappa shape index (κ1) is 13.3. The molecule has 3 heteroatoms. The Morgan fingerprint density at radius 3 is 2.83 bits per heavy atom. The zero-order chi connectivity index (χ0) is 13.0. The van der Waals surface area contributed by atoms with Gasteiger partial charge in [-0.05, 0) is 43.9 Å². The predicted octanol–water partition coefficient (Wildman–Crippen LogP) is 2.82. The van der Waals surface area contributed by atoms with E-state index in [9.17, 15) is 0 Å². The van der Waals surface area contributed by atoms with Crippen molar-refractivity contribution in [2.45, 2.75) is 45.7 Å². The zero-order valence-corrected chi connectivity index (χ0v) is 11.8. The van der Waals surface area contributed by atoms with Crippen LogP contribution in [0.3, 0.4) is 0 Å². The predicted molar refractivity (Wildman–Crippen MR) is 76.8 cm³/mol. The summed E-state index contributed by atoms with van der Waals surface area (Å²) < 4.78 is 0. The minimum Gasteiger partial charge on any atom is -0.367 e. The molecule has 1 aliphatic rings. The molecule has 1 saturated carbocycles. The molecule has 3 nitrogen and oxygen atoms in total. The Bertz CT molecular complexity index is 372. The van der Waals surface area contributed by atoms with Crippen LogP contribution in [0.2, 0.25) is 0 Å². The summed E-state index contributed by atoms with van der Waals surface area (Å²) in [5, 5.41) is 3.25. The van der Waals surface area contributed by atoms with Crippen LogP contribution in [0.25, 0.3) is 0 Å². The first-order chi connectivity index (χ1) is 8.72. The number of aromatic nitrogens is 1. The highest BCUT2D eigenvalue weighted by molar-refractivity contribution is 5.53. The lowest BCUT2D eigenvalue weighted by Gasteiger charge is -2.27. The normalized spacial score (nSPS) is 15.1. The first-order valence-corrected chi connectivity index (χ1v) is 7.06. The van der Waals surface area contributed by atoms with Crippen molar-refractivity contribution in [1.29, 1.82) is 0 Å².